The van der Waals surface area contributed by atoms with Crippen molar-refractivity contribution in [2.24, 2.45) is 0 Å². The third-order valence-electron chi connectivity index (χ3n) is 6.57. The van der Waals surface area contributed by atoms with E-state index in [0.717, 1.165) is 37.6 Å². The number of benzene rings is 1. The predicted molar refractivity (Wildman–Crippen MR) is 133 cm³/mol. The number of pyridine rings is 1. The molecule has 0 saturated carbocycles. The van der Waals surface area contributed by atoms with Crippen LogP contribution in [0.25, 0.3) is 0 Å². The van der Waals surface area contributed by atoms with Crippen LogP contribution in [0, 0.1) is 0 Å². The fourth-order valence-corrected chi connectivity index (χ4v) is 4.29. The molecule has 0 bridgehead atoms. The van der Waals surface area contributed by atoms with Gasteiger partial charge in [0.25, 0.3) is 5.91 Å². The molecule has 2 fully saturated rings. The Balaban J connectivity index is 1.25. The summed E-state index contributed by atoms with van der Waals surface area (Å²) in [5, 5.41) is 2.97. The molecule has 1 N–H and O–H groups in total. The van der Waals surface area contributed by atoms with Gasteiger partial charge in [-0.05, 0) is 30.8 Å². The van der Waals surface area contributed by atoms with Crippen molar-refractivity contribution < 1.29 is 19.1 Å². The van der Waals surface area contributed by atoms with E-state index in [-0.39, 0.29) is 11.9 Å². The maximum absolute atomic E-state index is 13.0. The number of ether oxygens (including phenoxy) is 2. The van der Waals surface area contributed by atoms with Gasteiger partial charge in [-0.2, -0.15) is 0 Å². The van der Waals surface area contributed by atoms with Gasteiger partial charge in [-0.15, -0.1) is 0 Å². The minimum absolute atomic E-state index is 0.115. The standard InChI is InChI=1S/C25H34N6O4/c1-28-8-10-29(11-9-28)23-7-4-19(17-26-23)18-27-25(33)31-14-12-30(13-15-31)24(32)21-6-5-20(34-2)16-22(21)35-3/h4-7,16-17H,8-15,18H2,1-3H3,(H,27,33). The number of amides is 3. The van der Waals surface area contributed by atoms with Crippen LogP contribution < -0.4 is 19.7 Å². The molecule has 1 aromatic carbocycles. The first-order valence-corrected chi connectivity index (χ1v) is 11.9. The van der Waals surface area contributed by atoms with Crippen molar-refractivity contribution in [1.29, 1.82) is 0 Å². The van der Waals surface area contributed by atoms with Crippen molar-refractivity contribution >= 4 is 17.8 Å². The van der Waals surface area contributed by atoms with Gasteiger partial charge in [0, 0.05) is 71.2 Å². The average molecular weight is 483 g/mol. The Morgan fingerprint density at radius 2 is 1.63 bits per heavy atom. The van der Waals surface area contributed by atoms with E-state index in [4.69, 9.17) is 9.47 Å². The van der Waals surface area contributed by atoms with Gasteiger partial charge in [0.05, 0.1) is 19.8 Å². The first kappa shape index (κ1) is 24.6. The topological polar surface area (TPSA) is 90.5 Å². The number of likely N-dealkylation sites (N-methyl/N-ethyl adjacent to an activating group) is 1. The molecule has 0 unspecified atom stereocenters. The molecule has 0 spiro atoms. The van der Waals surface area contributed by atoms with Crippen molar-refractivity contribution in [2.75, 3.05) is 78.5 Å². The number of aromatic nitrogens is 1. The molecular weight excluding hydrogens is 448 g/mol. The van der Waals surface area contributed by atoms with Gasteiger partial charge in [-0.25, -0.2) is 9.78 Å². The summed E-state index contributed by atoms with van der Waals surface area (Å²) in [6.07, 6.45) is 1.83. The van der Waals surface area contributed by atoms with Crippen LogP contribution in [0.4, 0.5) is 10.6 Å². The molecule has 4 rings (SSSR count). The molecule has 0 atom stereocenters. The Morgan fingerprint density at radius 3 is 2.26 bits per heavy atom. The molecule has 3 amide bonds. The Morgan fingerprint density at radius 1 is 0.914 bits per heavy atom. The fourth-order valence-electron chi connectivity index (χ4n) is 4.29. The van der Waals surface area contributed by atoms with E-state index in [0.29, 0.717) is 49.8 Å². The van der Waals surface area contributed by atoms with E-state index in [1.807, 2.05) is 18.3 Å². The van der Waals surface area contributed by atoms with Gasteiger partial charge in [-0.3, -0.25) is 4.79 Å². The SMILES string of the molecule is COc1ccc(C(=O)N2CCN(C(=O)NCc3ccc(N4CCN(C)CC4)nc3)CC2)c(OC)c1. The molecular formula is C25H34N6O4. The second kappa shape index (κ2) is 11.3. The average Bonchev–Trinajstić information content (AvgIpc) is 2.91. The smallest absolute Gasteiger partial charge is 0.317 e. The molecule has 2 aromatic rings. The van der Waals surface area contributed by atoms with Gasteiger partial charge < -0.3 is 34.4 Å². The minimum atomic E-state index is -0.137. The summed E-state index contributed by atoms with van der Waals surface area (Å²) in [5.41, 5.74) is 1.44. The second-order valence-electron chi connectivity index (χ2n) is 8.82. The van der Waals surface area contributed by atoms with Crippen LogP contribution in [0.2, 0.25) is 0 Å². The first-order valence-electron chi connectivity index (χ1n) is 11.9. The predicted octanol–water partition coefficient (Wildman–Crippen LogP) is 1.52. The summed E-state index contributed by atoms with van der Waals surface area (Å²) >= 11 is 0. The summed E-state index contributed by atoms with van der Waals surface area (Å²) in [5.74, 6) is 1.96. The lowest BCUT2D eigenvalue weighted by atomic mass is 10.1. The summed E-state index contributed by atoms with van der Waals surface area (Å²) in [7, 11) is 5.23. The van der Waals surface area contributed by atoms with Crippen molar-refractivity contribution in [3.05, 3.63) is 47.7 Å². The second-order valence-corrected chi connectivity index (χ2v) is 8.82. The highest BCUT2D eigenvalue weighted by Gasteiger charge is 2.26. The van der Waals surface area contributed by atoms with Crippen LogP contribution in [-0.2, 0) is 6.54 Å². The van der Waals surface area contributed by atoms with Crippen molar-refractivity contribution in [1.82, 2.24) is 25.0 Å². The lowest BCUT2D eigenvalue weighted by Crippen LogP contribution is -2.53. The van der Waals surface area contributed by atoms with Gasteiger partial charge in [-0.1, -0.05) is 6.07 Å². The van der Waals surface area contributed by atoms with Crippen molar-refractivity contribution in [3.8, 4) is 11.5 Å². The van der Waals surface area contributed by atoms with E-state index < -0.39 is 0 Å². The monoisotopic (exact) mass is 482 g/mol. The number of nitrogens with zero attached hydrogens (tertiary/aromatic N) is 5. The van der Waals surface area contributed by atoms with Crippen LogP contribution in [-0.4, -0.2) is 105 Å². The largest absolute Gasteiger partial charge is 0.497 e. The third kappa shape index (κ3) is 5.94. The zero-order valence-corrected chi connectivity index (χ0v) is 20.7. The Hall–Kier alpha value is -3.53. The number of anilines is 1. The van der Waals surface area contributed by atoms with Crippen LogP contribution in [0.1, 0.15) is 15.9 Å². The molecule has 0 aliphatic carbocycles. The maximum Gasteiger partial charge on any atom is 0.317 e. The molecule has 10 heteroatoms. The van der Waals surface area contributed by atoms with E-state index in [1.54, 1.807) is 35.1 Å². The quantitative estimate of drug-likeness (QED) is 0.668. The summed E-state index contributed by atoms with van der Waals surface area (Å²) in [6.45, 7) is 6.28. The van der Waals surface area contributed by atoms with E-state index in [2.05, 4.69) is 27.1 Å². The number of piperazine rings is 2. The van der Waals surface area contributed by atoms with Crippen LogP contribution in [0.5, 0.6) is 11.5 Å². The normalized spacial score (nSPS) is 16.7. The van der Waals surface area contributed by atoms with Gasteiger partial charge in [0.2, 0.25) is 0 Å². The molecule has 2 saturated heterocycles. The molecule has 35 heavy (non-hydrogen) atoms. The number of nitrogens with one attached hydrogen (secondary N) is 1. The number of rotatable bonds is 6. The number of hydrogen-bond acceptors (Lipinski definition) is 7. The van der Waals surface area contributed by atoms with E-state index >= 15 is 0 Å². The highest BCUT2D eigenvalue weighted by Crippen LogP contribution is 2.26. The number of carbonyl (C=O) groups excluding carboxylic acids is 2. The number of methoxy groups -OCH3 is 2. The van der Waals surface area contributed by atoms with E-state index in [1.165, 1.54) is 7.11 Å². The van der Waals surface area contributed by atoms with Crippen molar-refractivity contribution in [2.45, 2.75) is 6.54 Å². The lowest BCUT2D eigenvalue weighted by molar-refractivity contribution is 0.0661. The number of carbonyl (C=O) groups is 2. The maximum atomic E-state index is 13.0. The first-order chi connectivity index (χ1) is 17.0. The molecule has 188 valence electrons. The molecule has 1 aromatic heterocycles. The minimum Gasteiger partial charge on any atom is -0.497 e. The summed E-state index contributed by atoms with van der Waals surface area (Å²) in [4.78, 5) is 38.3. The molecule has 2 aliphatic rings. The van der Waals surface area contributed by atoms with Crippen molar-refractivity contribution in [3.63, 3.8) is 0 Å². The zero-order valence-electron chi connectivity index (χ0n) is 20.7. The Bertz CT molecular complexity index is 1020. The fraction of sp³-hybridized carbons (Fsp3) is 0.480. The highest BCUT2D eigenvalue weighted by molar-refractivity contribution is 5.97. The van der Waals surface area contributed by atoms with Crippen LogP contribution in [0.3, 0.4) is 0 Å². The molecule has 2 aliphatic heterocycles. The van der Waals surface area contributed by atoms with E-state index in [9.17, 15) is 9.59 Å². The Labute approximate surface area is 206 Å². The van der Waals surface area contributed by atoms with Crippen LogP contribution in [0.15, 0.2) is 36.5 Å². The van der Waals surface area contributed by atoms with Gasteiger partial charge in [0.1, 0.15) is 17.3 Å². The molecule has 3 heterocycles. The Kier molecular flexibility index (Phi) is 7.91. The van der Waals surface area contributed by atoms with Gasteiger partial charge >= 0.3 is 6.03 Å². The summed E-state index contributed by atoms with van der Waals surface area (Å²) < 4.78 is 10.6. The number of hydrogen-bond donors (Lipinski definition) is 1. The van der Waals surface area contributed by atoms with Gasteiger partial charge in [0.15, 0.2) is 0 Å². The molecule has 0 radical (unpaired) electrons. The molecule has 10 nitrogen and oxygen atoms in total. The highest BCUT2D eigenvalue weighted by atomic mass is 16.5. The third-order valence-corrected chi connectivity index (χ3v) is 6.57. The summed E-state index contributed by atoms with van der Waals surface area (Å²) in [6, 6.07) is 9.05. The number of urea groups is 1. The van der Waals surface area contributed by atoms with Crippen LogP contribution >= 0.6 is 0 Å². The zero-order chi connectivity index (χ0) is 24.8. The lowest BCUT2D eigenvalue weighted by Gasteiger charge is -2.35.